The van der Waals surface area contributed by atoms with Crippen molar-refractivity contribution in [2.75, 3.05) is 0 Å². The summed E-state index contributed by atoms with van der Waals surface area (Å²) in [4.78, 5) is 12.7. The second-order valence-electron chi connectivity index (χ2n) is 3.53. The Labute approximate surface area is 119 Å². The molecule has 17 heavy (non-hydrogen) atoms. The Morgan fingerprint density at radius 3 is 2.53 bits per heavy atom. The van der Waals surface area contributed by atoms with Crippen LogP contribution in [0.15, 0.2) is 32.5 Å². The molecule has 0 aliphatic carbocycles. The predicted octanol–water partition coefficient (Wildman–Crippen LogP) is 4.95. The molecule has 0 bridgehead atoms. The highest BCUT2D eigenvalue weighted by Gasteiger charge is 2.14. The van der Waals surface area contributed by atoms with Crippen molar-refractivity contribution >= 4 is 49.0 Å². The SMILES string of the molecule is Cc1cc(C(=O)c2cc(Br)c(Br)s2)ccc1F. The maximum Gasteiger partial charge on any atom is 0.203 e. The largest absolute Gasteiger partial charge is 0.288 e. The molecule has 0 atom stereocenters. The third kappa shape index (κ3) is 2.67. The molecular formula is C12H7Br2FOS. The molecule has 0 saturated heterocycles. The van der Waals surface area contributed by atoms with E-state index in [4.69, 9.17) is 0 Å². The molecule has 2 rings (SSSR count). The lowest BCUT2D eigenvalue weighted by atomic mass is 10.1. The van der Waals surface area contributed by atoms with Crippen LogP contribution in [0, 0.1) is 12.7 Å². The number of hydrogen-bond donors (Lipinski definition) is 0. The Morgan fingerprint density at radius 1 is 1.29 bits per heavy atom. The van der Waals surface area contributed by atoms with Crippen LogP contribution in [0.2, 0.25) is 0 Å². The summed E-state index contributed by atoms with van der Waals surface area (Å²) in [5, 5.41) is 0. The zero-order valence-corrected chi connectivity index (χ0v) is 12.7. The molecule has 0 aliphatic rings. The number of aryl methyl sites for hydroxylation is 1. The van der Waals surface area contributed by atoms with Gasteiger partial charge in [-0.1, -0.05) is 0 Å². The molecule has 88 valence electrons. The molecule has 0 spiro atoms. The molecule has 0 amide bonds. The predicted molar refractivity (Wildman–Crippen MR) is 74.3 cm³/mol. The quantitative estimate of drug-likeness (QED) is 0.676. The van der Waals surface area contributed by atoms with Crippen molar-refractivity contribution < 1.29 is 9.18 Å². The van der Waals surface area contributed by atoms with E-state index >= 15 is 0 Å². The van der Waals surface area contributed by atoms with E-state index < -0.39 is 0 Å². The Morgan fingerprint density at radius 2 is 2.00 bits per heavy atom. The van der Waals surface area contributed by atoms with Gasteiger partial charge in [-0.05, 0) is 68.6 Å². The minimum absolute atomic E-state index is 0.0931. The Kier molecular flexibility index (Phi) is 3.80. The van der Waals surface area contributed by atoms with E-state index in [2.05, 4.69) is 31.9 Å². The van der Waals surface area contributed by atoms with Gasteiger partial charge in [0.15, 0.2) is 0 Å². The number of hydrogen-bond acceptors (Lipinski definition) is 2. The fourth-order valence-electron chi connectivity index (χ4n) is 1.39. The second kappa shape index (κ2) is 5.00. The van der Waals surface area contributed by atoms with Crippen molar-refractivity contribution in [2.24, 2.45) is 0 Å². The van der Waals surface area contributed by atoms with Crippen molar-refractivity contribution in [3.05, 3.63) is 54.3 Å². The van der Waals surface area contributed by atoms with Crippen molar-refractivity contribution in [3.8, 4) is 0 Å². The summed E-state index contributed by atoms with van der Waals surface area (Å²) in [5.41, 5.74) is 0.982. The molecule has 0 aliphatic heterocycles. The van der Waals surface area contributed by atoms with Crippen molar-refractivity contribution in [3.63, 3.8) is 0 Å². The number of ketones is 1. The normalized spacial score (nSPS) is 10.6. The van der Waals surface area contributed by atoms with Gasteiger partial charge in [0, 0.05) is 10.0 Å². The fourth-order valence-corrected chi connectivity index (χ4v) is 3.38. The van der Waals surface area contributed by atoms with Crippen molar-refractivity contribution in [1.29, 1.82) is 0 Å². The number of halogens is 3. The molecule has 0 saturated carbocycles. The van der Waals surface area contributed by atoms with Crippen LogP contribution >= 0.6 is 43.2 Å². The van der Waals surface area contributed by atoms with E-state index in [0.717, 1.165) is 8.26 Å². The first-order valence-corrected chi connectivity index (χ1v) is 7.15. The average molecular weight is 378 g/mol. The third-order valence-corrected chi connectivity index (χ3v) is 5.54. The first kappa shape index (κ1) is 12.9. The average Bonchev–Trinajstić information content (AvgIpc) is 2.62. The molecule has 2 aromatic rings. The number of rotatable bonds is 2. The zero-order valence-electron chi connectivity index (χ0n) is 8.76. The second-order valence-corrected chi connectivity index (χ2v) is 6.75. The van der Waals surface area contributed by atoms with Crippen LogP contribution in [-0.4, -0.2) is 5.78 Å². The highest BCUT2D eigenvalue weighted by atomic mass is 79.9. The standard InChI is InChI=1S/C12H7Br2FOS/c1-6-4-7(2-3-9(6)15)11(16)10-5-8(13)12(14)17-10/h2-5H,1H3. The molecule has 1 aromatic heterocycles. The van der Waals surface area contributed by atoms with Gasteiger partial charge < -0.3 is 0 Å². The molecule has 0 radical (unpaired) electrons. The first-order valence-electron chi connectivity index (χ1n) is 4.74. The number of carbonyl (C=O) groups excluding carboxylic acids is 1. The summed E-state index contributed by atoms with van der Waals surface area (Å²) in [6, 6.07) is 6.15. The summed E-state index contributed by atoms with van der Waals surface area (Å²) >= 11 is 8.03. The Balaban J connectivity index is 2.40. The number of thiophene rings is 1. The first-order chi connectivity index (χ1) is 7.99. The van der Waals surface area contributed by atoms with Crippen LogP contribution in [0.25, 0.3) is 0 Å². The van der Waals surface area contributed by atoms with Gasteiger partial charge in [0.2, 0.25) is 5.78 Å². The lowest BCUT2D eigenvalue weighted by Crippen LogP contribution is -1.99. The van der Waals surface area contributed by atoms with Crippen LogP contribution < -0.4 is 0 Å². The van der Waals surface area contributed by atoms with Crippen LogP contribution in [-0.2, 0) is 0 Å². The van der Waals surface area contributed by atoms with Gasteiger partial charge in [-0.3, -0.25) is 4.79 Å². The molecular weight excluding hydrogens is 371 g/mol. The lowest BCUT2D eigenvalue weighted by Gasteiger charge is -2.00. The summed E-state index contributed by atoms with van der Waals surface area (Å²) in [5.74, 6) is -0.389. The van der Waals surface area contributed by atoms with Gasteiger partial charge in [-0.15, -0.1) is 11.3 Å². The van der Waals surface area contributed by atoms with E-state index in [9.17, 15) is 9.18 Å². The Hall–Kier alpha value is -0.520. The smallest absolute Gasteiger partial charge is 0.203 e. The molecule has 0 fully saturated rings. The van der Waals surface area contributed by atoms with Gasteiger partial charge in [0.05, 0.1) is 8.66 Å². The monoisotopic (exact) mass is 376 g/mol. The van der Waals surface area contributed by atoms with Crippen LogP contribution in [0.1, 0.15) is 20.8 Å². The van der Waals surface area contributed by atoms with E-state index in [1.807, 2.05) is 0 Å². The topological polar surface area (TPSA) is 17.1 Å². The van der Waals surface area contributed by atoms with Gasteiger partial charge in [-0.2, -0.15) is 0 Å². The minimum Gasteiger partial charge on any atom is -0.288 e. The highest BCUT2D eigenvalue weighted by Crippen LogP contribution is 2.33. The van der Waals surface area contributed by atoms with E-state index in [1.54, 1.807) is 19.1 Å². The van der Waals surface area contributed by atoms with E-state index in [-0.39, 0.29) is 11.6 Å². The van der Waals surface area contributed by atoms with Crippen LogP contribution in [0.4, 0.5) is 4.39 Å². The van der Waals surface area contributed by atoms with Gasteiger partial charge >= 0.3 is 0 Å². The molecule has 5 heteroatoms. The Bertz CT molecular complexity index is 573. The summed E-state index contributed by atoms with van der Waals surface area (Å²) in [6.07, 6.45) is 0. The summed E-state index contributed by atoms with van der Waals surface area (Å²) < 4.78 is 14.8. The molecule has 1 aromatic carbocycles. The molecule has 1 nitrogen and oxygen atoms in total. The van der Waals surface area contributed by atoms with E-state index in [1.165, 1.54) is 23.5 Å². The highest BCUT2D eigenvalue weighted by molar-refractivity contribution is 9.13. The molecule has 0 N–H and O–H groups in total. The van der Waals surface area contributed by atoms with Gasteiger partial charge in [-0.25, -0.2) is 4.39 Å². The molecule has 0 unspecified atom stereocenters. The van der Waals surface area contributed by atoms with Gasteiger partial charge in [0.1, 0.15) is 5.82 Å². The zero-order chi connectivity index (χ0) is 12.6. The summed E-state index contributed by atoms with van der Waals surface area (Å²) in [6.45, 7) is 1.65. The minimum atomic E-state index is -0.296. The molecule has 1 heterocycles. The lowest BCUT2D eigenvalue weighted by molar-refractivity contribution is 0.104. The number of carbonyl (C=O) groups is 1. The van der Waals surface area contributed by atoms with Crippen LogP contribution in [0.3, 0.4) is 0 Å². The maximum absolute atomic E-state index is 13.1. The fraction of sp³-hybridized carbons (Fsp3) is 0.0833. The van der Waals surface area contributed by atoms with Crippen molar-refractivity contribution in [2.45, 2.75) is 6.92 Å². The van der Waals surface area contributed by atoms with E-state index in [0.29, 0.717) is 16.0 Å². The summed E-state index contributed by atoms with van der Waals surface area (Å²) in [7, 11) is 0. The van der Waals surface area contributed by atoms with Gasteiger partial charge in [0.25, 0.3) is 0 Å². The van der Waals surface area contributed by atoms with Crippen molar-refractivity contribution in [1.82, 2.24) is 0 Å². The number of benzene rings is 1. The maximum atomic E-state index is 13.1. The third-order valence-electron chi connectivity index (χ3n) is 2.29. The van der Waals surface area contributed by atoms with Crippen LogP contribution in [0.5, 0.6) is 0 Å².